The van der Waals surface area contributed by atoms with Gasteiger partial charge in [-0.15, -0.1) is 0 Å². The van der Waals surface area contributed by atoms with Crippen LogP contribution in [0.3, 0.4) is 0 Å². The first-order chi connectivity index (χ1) is 9.15. The van der Waals surface area contributed by atoms with Gasteiger partial charge in [-0.2, -0.15) is 0 Å². The molecule has 0 radical (unpaired) electrons. The molecule has 2 rings (SSSR count). The zero-order valence-corrected chi connectivity index (χ0v) is 12.4. The van der Waals surface area contributed by atoms with Crippen LogP contribution in [0.1, 0.15) is 50.2 Å². The van der Waals surface area contributed by atoms with Gasteiger partial charge in [0.15, 0.2) is 0 Å². The molecule has 2 nitrogen and oxygen atoms in total. The third-order valence-electron chi connectivity index (χ3n) is 4.25. The fraction of sp³-hybridized carbons (Fsp3) is 0.588. The number of para-hydroxylation sites is 1. The van der Waals surface area contributed by atoms with Crippen LogP contribution in [-0.2, 0) is 4.79 Å². The van der Waals surface area contributed by atoms with Crippen molar-refractivity contribution < 1.29 is 4.79 Å². The van der Waals surface area contributed by atoms with Gasteiger partial charge in [0.25, 0.3) is 0 Å². The van der Waals surface area contributed by atoms with Crippen LogP contribution in [0.5, 0.6) is 0 Å². The summed E-state index contributed by atoms with van der Waals surface area (Å²) < 4.78 is 0. The summed E-state index contributed by atoms with van der Waals surface area (Å²) in [6.07, 6.45) is 5.85. The van der Waals surface area contributed by atoms with E-state index in [1.807, 2.05) is 4.90 Å². The molecule has 0 heterocycles. The Hall–Kier alpha value is -1.31. The molecule has 0 aromatic heterocycles. The fourth-order valence-corrected chi connectivity index (χ4v) is 3.23. The molecule has 1 aliphatic carbocycles. The van der Waals surface area contributed by atoms with Crippen molar-refractivity contribution in [2.45, 2.75) is 52.9 Å². The molecule has 2 heteroatoms. The molecule has 1 aromatic carbocycles. The number of rotatable bonds is 3. The third kappa shape index (κ3) is 2.99. The second-order valence-electron chi connectivity index (χ2n) is 5.66. The van der Waals surface area contributed by atoms with Gasteiger partial charge in [-0.1, -0.05) is 37.5 Å². The van der Waals surface area contributed by atoms with Gasteiger partial charge in [-0.05, 0) is 44.7 Å². The van der Waals surface area contributed by atoms with Crippen LogP contribution in [-0.4, -0.2) is 12.5 Å². The molecule has 0 atom stereocenters. The highest BCUT2D eigenvalue weighted by Gasteiger charge is 2.27. The maximum absolute atomic E-state index is 12.8. The molecule has 1 aliphatic rings. The minimum Gasteiger partial charge on any atom is -0.312 e. The van der Waals surface area contributed by atoms with E-state index in [1.54, 1.807) is 0 Å². The normalized spacial score (nSPS) is 16.4. The van der Waals surface area contributed by atoms with Crippen molar-refractivity contribution in [1.82, 2.24) is 0 Å². The van der Waals surface area contributed by atoms with E-state index in [0.717, 1.165) is 25.1 Å². The Morgan fingerprint density at radius 3 is 2.26 bits per heavy atom. The van der Waals surface area contributed by atoms with Crippen molar-refractivity contribution >= 4 is 11.6 Å². The van der Waals surface area contributed by atoms with E-state index in [4.69, 9.17) is 0 Å². The highest BCUT2D eigenvalue weighted by Crippen LogP contribution is 2.30. The van der Waals surface area contributed by atoms with Gasteiger partial charge in [0.05, 0.1) is 0 Å². The number of nitrogens with zero attached hydrogens (tertiary/aromatic N) is 1. The molecule has 104 valence electrons. The van der Waals surface area contributed by atoms with Gasteiger partial charge >= 0.3 is 0 Å². The molecule has 1 saturated carbocycles. The van der Waals surface area contributed by atoms with Crippen LogP contribution in [0, 0.1) is 19.8 Å². The largest absolute Gasteiger partial charge is 0.312 e. The zero-order valence-electron chi connectivity index (χ0n) is 12.4. The van der Waals surface area contributed by atoms with Gasteiger partial charge in [-0.3, -0.25) is 4.79 Å². The van der Waals surface area contributed by atoms with E-state index in [2.05, 4.69) is 39.0 Å². The number of anilines is 1. The Labute approximate surface area is 116 Å². The topological polar surface area (TPSA) is 20.3 Å². The van der Waals surface area contributed by atoms with Gasteiger partial charge in [0, 0.05) is 18.2 Å². The number of aryl methyl sites for hydroxylation is 2. The van der Waals surface area contributed by atoms with Crippen LogP contribution in [0.25, 0.3) is 0 Å². The Bertz CT molecular complexity index is 426. The SMILES string of the molecule is CCN(C(=O)C1CCCCC1)c1c(C)cccc1C. The second kappa shape index (κ2) is 6.23. The van der Waals surface area contributed by atoms with Crippen LogP contribution in [0.15, 0.2) is 18.2 Å². The molecule has 1 amide bonds. The summed E-state index contributed by atoms with van der Waals surface area (Å²) in [5.74, 6) is 0.576. The number of amides is 1. The van der Waals surface area contributed by atoms with E-state index in [1.165, 1.54) is 30.4 Å². The second-order valence-corrected chi connectivity index (χ2v) is 5.66. The molecule has 0 unspecified atom stereocenters. The predicted molar refractivity (Wildman–Crippen MR) is 80.5 cm³/mol. The smallest absolute Gasteiger partial charge is 0.230 e. The van der Waals surface area contributed by atoms with Crippen LogP contribution in [0.4, 0.5) is 5.69 Å². The average Bonchev–Trinajstić information content (AvgIpc) is 2.43. The third-order valence-corrected chi connectivity index (χ3v) is 4.25. The summed E-state index contributed by atoms with van der Waals surface area (Å²) in [5, 5.41) is 0. The summed E-state index contributed by atoms with van der Waals surface area (Å²) in [6.45, 7) is 7.03. The molecule has 1 aromatic rings. The van der Waals surface area contributed by atoms with E-state index >= 15 is 0 Å². The first-order valence-electron chi connectivity index (χ1n) is 7.52. The Kier molecular flexibility index (Phi) is 4.62. The fourth-order valence-electron chi connectivity index (χ4n) is 3.23. The Balaban J connectivity index is 2.26. The molecule has 0 aliphatic heterocycles. The van der Waals surface area contributed by atoms with E-state index in [0.29, 0.717) is 5.91 Å². The molecule has 19 heavy (non-hydrogen) atoms. The number of benzene rings is 1. The molecular weight excluding hydrogens is 234 g/mol. The highest BCUT2D eigenvalue weighted by molar-refractivity contribution is 5.96. The summed E-state index contributed by atoms with van der Waals surface area (Å²) in [6, 6.07) is 6.26. The standard InChI is InChI=1S/C17H25NO/c1-4-18(16-13(2)9-8-10-14(16)3)17(19)15-11-6-5-7-12-15/h8-10,15H,4-7,11-12H2,1-3H3. The molecule has 1 fully saturated rings. The summed E-state index contributed by atoms with van der Waals surface area (Å²) in [4.78, 5) is 14.8. The van der Waals surface area contributed by atoms with Gasteiger partial charge in [0.1, 0.15) is 0 Å². The molecule has 0 spiro atoms. The maximum atomic E-state index is 12.8. The lowest BCUT2D eigenvalue weighted by atomic mass is 9.88. The monoisotopic (exact) mass is 259 g/mol. The lowest BCUT2D eigenvalue weighted by Crippen LogP contribution is -2.37. The number of hydrogen-bond acceptors (Lipinski definition) is 1. The quantitative estimate of drug-likeness (QED) is 0.795. The number of carbonyl (C=O) groups is 1. The van der Waals surface area contributed by atoms with E-state index in [9.17, 15) is 4.79 Å². The Morgan fingerprint density at radius 2 is 1.74 bits per heavy atom. The summed E-state index contributed by atoms with van der Waals surface area (Å²) >= 11 is 0. The van der Waals surface area contributed by atoms with Crippen molar-refractivity contribution in [2.75, 3.05) is 11.4 Å². The minimum atomic E-state index is 0.243. The highest BCUT2D eigenvalue weighted by atomic mass is 16.2. The van der Waals surface area contributed by atoms with Crippen LogP contribution >= 0.6 is 0 Å². The van der Waals surface area contributed by atoms with Gasteiger partial charge < -0.3 is 4.90 Å². The first-order valence-corrected chi connectivity index (χ1v) is 7.52. The van der Waals surface area contributed by atoms with Crippen molar-refractivity contribution in [2.24, 2.45) is 5.92 Å². The molecule has 0 saturated heterocycles. The van der Waals surface area contributed by atoms with Crippen molar-refractivity contribution in [3.05, 3.63) is 29.3 Å². The minimum absolute atomic E-state index is 0.243. The lowest BCUT2D eigenvalue weighted by Gasteiger charge is -2.30. The van der Waals surface area contributed by atoms with Crippen molar-refractivity contribution in [3.63, 3.8) is 0 Å². The maximum Gasteiger partial charge on any atom is 0.230 e. The van der Waals surface area contributed by atoms with E-state index in [-0.39, 0.29) is 5.92 Å². The van der Waals surface area contributed by atoms with Crippen molar-refractivity contribution in [3.8, 4) is 0 Å². The van der Waals surface area contributed by atoms with Crippen molar-refractivity contribution in [1.29, 1.82) is 0 Å². The molecule has 0 bridgehead atoms. The van der Waals surface area contributed by atoms with E-state index < -0.39 is 0 Å². The molecular formula is C17H25NO. The van der Waals surface area contributed by atoms with Gasteiger partial charge in [0.2, 0.25) is 5.91 Å². The zero-order chi connectivity index (χ0) is 13.8. The Morgan fingerprint density at radius 1 is 1.16 bits per heavy atom. The number of hydrogen-bond donors (Lipinski definition) is 0. The summed E-state index contributed by atoms with van der Waals surface area (Å²) in [7, 11) is 0. The van der Waals surface area contributed by atoms with Crippen LogP contribution in [0.2, 0.25) is 0 Å². The predicted octanol–water partition coefficient (Wildman–Crippen LogP) is 4.24. The molecule has 0 N–H and O–H groups in total. The lowest BCUT2D eigenvalue weighted by molar-refractivity contribution is -0.123. The average molecular weight is 259 g/mol. The van der Waals surface area contributed by atoms with Crippen LogP contribution < -0.4 is 4.90 Å². The van der Waals surface area contributed by atoms with Gasteiger partial charge in [-0.25, -0.2) is 0 Å². The summed E-state index contributed by atoms with van der Waals surface area (Å²) in [5.41, 5.74) is 3.53. The first kappa shape index (κ1) is 14.1. The number of carbonyl (C=O) groups excluding carboxylic acids is 1.